The number of carbonyl (C=O) groups is 2. The normalized spacial score (nSPS) is 15.2. The summed E-state index contributed by atoms with van der Waals surface area (Å²) in [6.45, 7) is 10.0. The Labute approximate surface area is 267 Å². The first kappa shape index (κ1) is 32.3. The van der Waals surface area contributed by atoms with Gasteiger partial charge >= 0.3 is 6.09 Å². The van der Waals surface area contributed by atoms with Crippen LogP contribution in [0.2, 0.25) is 0 Å². The Balaban J connectivity index is 1.47. The molecule has 3 aromatic carbocycles. The van der Waals surface area contributed by atoms with Gasteiger partial charge in [0.1, 0.15) is 11.4 Å². The Morgan fingerprint density at radius 2 is 1.64 bits per heavy atom. The summed E-state index contributed by atoms with van der Waals surface area (Å²) >= 11 is 0. The molecule has 2 amide bonds. The third-order valence-electron chi connectivity index (χ3n) is 8.05. The van der Waals surface area contributed by atoms with Gasteiger partial charge in [-0.15, -0.1) is 0 Å². The van der Waals surface area contributed by atoms with Crippen molar-refractivity contribution in [2.24, 2.45) is 0 Å². The summed E-state index contributed by atoms with van der Waals surface area (Å²) in [5.74, 6) is 0.783. The number of rotatable bonds is 11. The summed E-state index contributed by atoms with van der Waals surface area (Å²) in [7, 11) is 1.69. The van der Waals surface area contributed by atoms with Crippen LogP contribution in [0.5, 0.6) is 5.75 Å². The van der Waals surface area contributed by atoms with Gasteiger partial charge in [-0.05, 0) is 98.5 Å². The van der Waals surface area contributed by atoms with Gasteiger partial charge in [0, 0.05) is 44.8 Å². The zero-order valence-corrected chi connectivity index (χ0v) is 27.3. The van der Waals surface area contributed by atoms with Crippen LogP contribution in [0.15, 0.2) is 78.4 Å². The van der Waals surface area contributed by atoms with Crippen molar-refractivity contribution in [2.45, 2.75) is 71.6 Å². The van der Waals surface area contributed by atoms with Crippen molar-refractivity contribution >= 4 is 17.6 Å². The van der Waals surface area contributed by atoms with Crippen LogP contribution in [0.4, 0.5) is 4.79 Å². The van der Waals surface area contributed by atoms with E-state index in [0.717, 1.165) is 58.4 Å². The fourth-order valence-corrected chi connectivity index (χ4v) is 5.79. The quantitative estimate of drug-likeness (QED) is 0.209. The first-order valence-electron chi connectivity index (χ1n) is 16.0. The summed E-state index contributed by atoms with van der Waals surface area (Å²) in [6, 6.07) is 25.0. The maximum Gasteiger partial charge on any atom is 0.410 e. The lowest BCUT2D eigenvalue weighted by atomic mass is 9.90. The molecule has 1 aliphatic carbocycles. The molecule has 0 aromatic heterocycles. The highest BCUT2D eigenvalue weighted by molar-refractivity contribution is 6.03. The fourth-order valence-electron chi connectivity index (χ4n) is 5.79. The summed E-state index contributed by atoms with van der Waals surface area (Å²) in [5, 5.41) is 0. The number of amides is 2. The Hall–Kier alpha value is -4.10. The van der Waals surface area contributed by atoms with Crippen molar-refractivity contribution in [1.82, 2.24) is 9.80 Å². The molecule has 238 valence electrons. The number of hydrogen-bond donors (Lipinski definition) is 0. The molecule has 2 aliphatic rings. The predicted octanol–water partition coefficient (Wildman–Crippen LogP) is 7.66. The molecule has 0 atom stereocenters. The van der Waals surface area contributed by atoms with Crippen LogP contribution < -0.4 is 4.74 Å². The van der Waals surface area contributed by atoms with E-state index in [4.69, 9.17) is 14.2 Å². The highest BCUT2D eigenvalue weighted by Gasteiger charge is 2.38. The summed E-state index contributed by atoms with van der Waals surface area (Å²) in [5.41, 5.74) is 6.39. The lowest BCUT2D eigenvalue weighted by Gasteiger charge is -2.34. The largest absolute Gasteiger partial charge is 0.493 e. The molecule has 1 fully saturated rings. The van der Waals surface area contributed by atoms with E-state index in [2.05, 4.69) is 43.3 Å². The highest BCUT2D eigenvalue weighted by atomic mass is 16.6. The molecule has 1 saturated carbocycles. The van der Waals surface area contributed by atoms with E-state index in [1.807, 2.05) is 62.1 Å². The maximum atomic E-state index is 14.6. The number of hydrogen-bond acceptors (Lipinski definition) is 5. The molecule has 5 rings (SSSR count). The topological polar surface area (TPSA) is 68.3 Å². The molecule has 0 N–H and O–H groups in total. The molecular formula is C38H46N2O5. The molecule has 1 aliphatic heterocycles. The van der Waals surface area contributed by atoms with E-state index in [0.29, 0.717) is 38.3 Å². The summed E-state index contributed by atoms with van der Waals surface area (Å²) in [6.07, 6.45) is 2.93. The molecule has 0 radical (unpaired) electrons. The molecule has 7 heteroatoms. The van der Waals surface area contributed by atoms with Gasteiger partial charge in [-0.1, -0.05) is 54.6 Å². The van der Waals surface area contributed by atoms with Crippen LogP contribution in [0.1, 0.15) is 63.1 Å². The molecular weight excluding hydrogens is 564 g/mol. The molecule has 1 heterocycles. The summed E-state index contributed by atoms with van der Waals surface area (Å²) < 4.78 is 16.9. The van der Waals surface area contributed by atoms with Crippen LogP contribution in [0.25, 0.3) is 16.7 Å². The van der Waals surface area contributed by atoms with Gasteiger partial charge in [0.25, 0.3) is 5.91 Å². The molecule has 3 aromatic rings. The predicted molar refractivity (Wildman–Crippen MR) is 178 cm³/mol. The highest BCUT2D eigenvalue weighted by Crippen LogP contribution is 2.36. The minimum absolute atomic E-state index is 0.0186. The van der Waals surface area contributed by atoms with Crippen molar-refractivity contribution in [2.75, 3.05) is 33.4 Å². The van der Waals surface area contributed by atoms with E-state index < -0.39 is 11.7 Å². The smallest absolute Gasteiger partial charge is 0.410 e. The average Bonchev–Trinajstić information content (AvgIpc) is 3.86. The first-order valence-corrected chi connectivity index (χ1v) is 16.0. The molecule has 0 unspecified atom stereocenters. The Kier molecular flexibility index (Phi) is 10.3. The minimum Gasteiger partial charge on any atom is -0.493 e. The first-order chi connectivity index (χ1) is 21.6. The van der Waals surface area contributed by atoms with E-state index in [1.165, 1.54) is 0 Å². The SMILES string of the molecule is COCCCOc1cc(C)cc(CN(C(=O)C2=C(c3cccc(-c4ccccc4)c3)CCN(C(=O)OC(C)(C)C)C2)C2CC2)c1. The van der Waals surface area contributed by atoms with Gasteiger partial charge in [-0.25, -0.2) is 4.79 Å². The lowest BCUT2D eigenvalue weighted by Crippen LogP contribution is -2.44. The van der Waals surface area contributed by atoms with E-state index >= 15 is 0 Å². The number of aryl methyl sites for hydroxylation is 1. The van der Waals surface area contributed by atoms with E-state index in [9.17, 15) is 9.59 Å². The van der Waals surface area contributed by atoms with Gasteiger partial charge in [-0.2, -0.15) is 0 Å². The van der Waals surface area contributed by atoms with Gasteiger partial charge in [0.2, 0.25) is 0 Å². The van der Waals surface area contributed by atoms with Gasteiger partial charge in [-0.3, -0.25) is 4.79 Å². The van der Waals surface area contributed by atoms with E-state index in [-0.39, 0.29) is 18.5 Å². The van der Waals surface area contributed by atoms with Crippen molar-refractivity contribution in [3.05, 3.63) is 95.1 Å². The number of benzene rings is 3. The second kappa shape index (κ2) is 14.3. The maximum absolute atomic E-state index is 14.6. The Morgan fingerprint density at radius 1 is 0.911 bits per heavy atom. The number of nitrogens with zero attached hydrogens (tertiary/aromatic N) is 2. The molecule has 0 spiro atoms. The monoisotopic (exact) mass is 610 g/mol. The van der Waals surface area contributed by atoms with Crippen LogP contribution in [-0.4, -0.2) is 66.9 Å². The molecule has 0 saturated heterocycles. The molecule has 45 heavy (non-hydrogen) atoms. The molecule has 0 bridgehead atoms. The van der Waals surface area contributed by atoms with Gasteiger partial charge in [0.15, 0.2) is 0 Å². The second-order valence-corrected chi connectivity index (χ2v) is 13.1. The fraction of sp³-hybridized carbons (Fsp3) is 0.421. The van der Waals surface area contributed by atoms with Crippen molar-refractivity contribution < 1.29 is 23.8 Å². The third-order valence-corrected chi connectivity index (χ3v) is 8.05. The number of methoxy groups -OCH3 is 1. The Morgan fingerprint density at radius 3 is 2.36 bits per heavy atom. The van der Waals surface area contributed by atoms with Crippen LogP contribution in [0.3, 0.4) is 0 Å². The Bertz CT molecular complexity index is 1520. The molecule has 7 nitrogen and oxygen atoms in total. The van der Waals surface area contributed by atoms with Crippen molar-refractivity contribution in [3.8, 4) is 16.9 Å². The average molecular weight is 611 g/mol. The van der Waals surface area contributed by atoms with Crippen LogP contribution >= 0.6 is 0 Å². The number of ether oxygens (including phenoxy) is 3. The van der Waals surface area contributed by atoms with Gasteiger partial charge < -0.3 is 24.0 Å². The zero-order chi connectivity index (χ0) is 32.0. The van der Waals surface area contributed by atoms with E-state index in [1.54, 1.807) is 12.0 Å². The van der Waals surface area contributed by atoms with Crippen LogP contribution in [-0.2, 0) is 20.8 Å². The summed E-state index contributed by atoms with van der Waals surface area (Å²) in [4.78, 5) is 31.5. The third kappa shape index (κ3) is 8.76. The lowest BCUT2D eigenvalue weighted by molar-refractivity contribution is -0.128. The van der Waals surface area contributed by atoms with Crippen molar-refractivity contribution in [3.63, 3.8) is 0 Å². The standard InChI is InChI=1S/C38H46N2O5/c1-27-21-28(23-33(22-27)44-20-10-19-43-5)25-40(32-15-16-32)36(41)35-26-39(37(42)45-38(2,3)4)18-17-34(35)31-14-9-13-30(24-31)29-11-7-6-8-12-29/h6-9,11-14,21-24,32H,10,15-20,25-26H2,1-5H3. The number of carbonyl (C=O) groups excluding carboxylic acids is 2. The van der Waals surface area contributed by atoms with Crippen LogP contribution in [0, 0.1) is 6.92 Å². The van der Waals surface area contributed by atoms with Gasteiger partial charge in [0.05, 0.1) is 13.2 Å². The van der Waals surface area contributed by atoms with Crippen molar-refractivity contribution in [1.29, 1.82) is 0 Å². The second-order valence-electron chi connectivity index (χ2n) is 13.1. The minimum atomic E-state index is -0.621. The zero-order valence-electron chi connectivity index (χ0n) is 27.3.